The number of rotatable bonds is 3. The quantitative estimate of drug-likeness (QED) is 0.835. The highest BCUT2D eigenvalue weighted by Crippen LogP contribution is 2.30. The van der Waals surface area contributed by atoms with Crippen LogP contribution in [0.2, 0.25) is 10.0 Å². The molecule has 0 atom stereocenters. The lowest BCUT2D eigenvalue weighted by atomic mass is 10.1. The Kier molecular flexibility index (Phi) is 4.07. The van der Waals surface area contributed by atoms with Crippen LogP contribution in [0.15, 0.2) is 35.7 Å². The monoisotopic (exact) mass is 298 g/mol. The minimum atomic E-state index is -0.992. The Labute approximate surface area is 118 Å². The molecular weight excluding hydrogens is 291 g/mol. The molecule has 1 aromatic carbocycles. The largest absolute Gasteiger partial charge is 0.478 e. The van der Waals surface area contributed by atoms with Crippen molar-refractivity contribution in [2.45, 2.75) is 0 Å². The molecule has 1 heterocycles. The van der Waals surface area contributed by atoms with Gasteiger partial charge in [-0.2, -0.15) is 0 Å². The first-order valence-corrected chi connectivity index (χ1v) is 6.66. The summed E-state index contributed by atoms with van der Waals surface area (Å²) in [6, 6.07) is 8.67. The van der Waals surface area contributed by atoms with Crippen LogP contribution in [0.4, 0.5) is 0 Å². The van der Waals surface area contributed by atoms with Crippen LogP contribution in [0.25, 0.3) is 11.6 Å². The number of carbonyl (C=O) groups is 1. The molecule has 0 aliphatic heterocycles. The first kappa shape index (κ1) is 13.1. The predicted octanol–water partition coefficient (Wildman–Crippen LogP) is 4.68. The van der Waals surface area contributed by atoms with Crippen molar-refractivity contribution in [1.82, 2.24) is 0 Å². The summed E-state index contributed by atoms with van der Waals surface area (Å²) in [4.78, 5) is 11.9. The first-order chi connectivity index (χ1) is 8.59. The van der Waals surface area contributed by atoms with Gasteiger partial charge in [0.25, 0.3) is 0 Å². The van der Waals surface area contributed by atoms with Crippen LogP contribution in [0.1, 0.15) is 10.4 Å². The third-order valence-corrected chi connectivity index (χ3v) is 4.04. The van der Waals surface area contributed by atoms with E-state index in [1.165, 1.54) is 17.4 Å². The highest BCUT2D eigenvalue weighted by molar-refractivity contribution is 7.11. The van der Waals surface area contributed by atoms with Gasteiger partial charge in [0.05, 0.1) is 15.6 Å². The summed E-state index contributed by atoms with van der Waals surface area (Å²) in [5.74, 6) is -0.992. The molecule has 18 heavy (non-hydrogen) atoms. The van der Waals surface area contributed by atoms with E-state index in [0.29, 0.717) is 20.5 Å². The van der Waals surface area contributed by atoms with Crippen LogP contribution < -0.4 is 0 Å². The summed E-state index contributed by atoms with van der Waals surface area (Å²) >= 11 is 13.3. The van der Waals surface area contributed by atoms with E-state index in [1.807, 2.05) is 5.38 Å². The molecule has 0 fully saturated rings. The smallest absolute Gasteiger partial charge is 0.337 e. The second-order valence-corrected chi connectivity index (χ2v) is 5.22. The van der Waals surface area contributed by atoms with Crippen molar-refractivity contribution in [2.75, 3.05) is 0 Å². The Hall–Kier alpha value is -1.29. The maximum atomic E-state index is 11.3. The number of aliphatic carboxylic acids is 1. The summed E-state index contributed by atoms with van der Waals surface area (Å²) in [6.07, 6.45) is 1.53. The molecule has 0 unspecified atom stereocenters. The van der Waals surface area contributed by atoms with Crippen LogP contribution in [0, 0.1) is 0 Å². The summed E-state index contributed by atoms with van der Waals surface area (Å²) in [5.41, 5.74) is 0.795. The van der Waals surface area contributed by atoms with E-state index in [0.717, 1.165) is 0 Å². The van der Waals surface area contributed by atoms with Crippen LogP contribution in [0.3, 0.4) is 0 Å². The highest BCUT2D eigenvalue weighted by Gasteiger charge is 2.13. The molecular formula is C13H8Cl2O2S. The highest BCUT2D eigenvalue weighted by atomic mass is 35.5. The van der Waals surface area contributed by atoms with Crippen LogP contribution in [-0.4, -0.2) is 11.1 Å². The van der Waals surface area contributed by atoms with Gasteiger partial charge in [-0.15, -0.1) is 11.3 Å². The van der Waals surface area contributed by atoms with Gasteiger partial charge < -0.3 is 5.11 Å². The van der Waals surface area contributed by atoms with E-state index < -0.39 is 5.97 Å². The predicted molar refractivity (Wildman–Crippen MR) is 76.3 cm³/mol. The van der Waals surface area contributed by atoms with Crippen molar-refractivity contribution in [3.8, 4) is 0 Å². The average Bonchev–Trinajstić information content (AvgIpc) is 2.84. The zero-order valence-corrected chi connectivity index (χ0v) is 11.4. The van der Waals surface area contributed by atoms with Gasteiger partial charge in [0, 0.05) is 4.88 Å². The number of benzene rings is 1. The summed E-state index contributed by atoms with van der Waals surface area (Å²) in [7, 11) is 0. The molecule has 2 aromatic rings. The zero-order valence-electron chi connectivity index (χ0n) is 9.06. The molecule has 0 aliphatic rings. The second-order valence-electron chi connectivity index (χ2n) is 3.48. The van der Waals surface area contributed by atoms with E-state index in [2.05, 4.69) is 0 Å². The Morgan fingerprint density at radius 2 is 2.00 bits per heavy atom. The lowest BCUT2D eigenvalue weighted by molar-refractivity contribution is -0.130. The molecule has 0 amide bonds. The van der Waals surface area contributed by atoms with E-state index in [9.17, 15) is 9.90 Å². The minimum absolute atomic E-state index is 0.203. The number of hydrogen-bond acceptors (Lipinski definition) is 2. The molecule has 0 saturated heterocycles. The summed E-state index contributed by atoms with van der Waals surface area (Å²) < 4.78 is 0. The molecule has 92 valence electrons. The molecule has 0 saturated carbocycles. The van der Waals surface area contributed by atoms with Gasteiger partial charge in [-0.3, -0.25) is 0 Å². The number of halogens is 2. The third kappa shape index (κ3) is 2.75. The van der Waals surface area contributed by atoms with Crippen molar-refractivity contribution in [3.63, 3.8) is 0 Å². The lowest BCUT2D eigenvalue weighted by Gasteiger charge is -2.03. The maximum Gasteiger partial charge on any atom is 0.337 e. The van der Waals surface area contributed by atoms with Gasteiger partial charge >= 0.3 is 5.97 Å². The normalized spacial score (nSPS) is 11.6. The number of hydrogen-bond donors (Lipinski definition) is 1. The first-order valence-electron chi connectivity index (χ1n) is 5.02. The van der Waals surface area contributed by atoms with Crippen molar-refractivity contribution in [1.29, 1.82) is 0 Å². The van der Waals surface area contributed by atoms with E-state index in [1.54, 1.807) is 30.3 Å². The topological polar surface area (TPSA) is 37.3 Å². The standard InChI is InChI=1S/C13H8Cl2O2S/c14-10-4-1-3-8(12(10)15)7-9(13(16)17)11-5-2-6-18-11/h1-7H,(H,16,17)/b9-7-. The molecule has 0 radical (unpaired) electrons. The number of thiophene rings is 1. The van der Waals surface area contributed by atoms with E-state index >= 15 is 0 Å². The maximum absolute atomic E-state index is 11.3. The molecule has 2 rings (SSSR count). The van der Waals surface area contributed by atoms with Gasteiger partial charge in [0.2, 0.25) is 0 Å². The molecule has 0 spiro atoms. The minimum Gasteiger partial charge on any atom is -0.478 e. The van der Waals surface area contributed by atoms with Gasteiger partial charge in [-0.25, -0.2) is 4.79 Å². The SMILES string of the molecule is O=C(O)/C(=C\c1cccc(Cl)c1Cl)c1cccs1. The fourth-order valence-corrected chi connectivity index (χ4v) is 2.55. The molecule has 0 bridgehead atoms. The van der Waals surface area contributed by atoms with Gasteiger partial charge in [-0.05, 0) is 29.2 Å². The average molecular weight is 299 g/mol. The lowest BCUT2D eigenvalue weighted by Crippen LogP contribution is -1.97. The second kappa shape index (κ2) is 5.57. The Morgan fingerprint density at radius 3 is 2.61 bits per heavy atom. The summed E-state index contributed by atoms with van der Waals surface area (Å²) in [6.45, 7) is 0. The van der Waals surface area contributed by atoms with Crippen LogP contribution in [-0.2, 0) is 4.79 Å². The zero-order chi connectivity index (χ0) is 13.1. The Morgan fingerprint density at radius 1 is 1.22 bits per heavy atom. The molecule has 1 aromatic heterocycles. The molecule has 5 heteroatoms. The van der Waals surface area contributed by atoms with Crippen molar-refractivity contribution in [2.24, 2.45) is 0 Å². The third-order valence-electron chi connectivity index (χ3n) is 2.30. The fraction of sp³-hybridized carbons (Fsp3) is 0. The van der Waals surface area contributed by atoms with Gasteiger partial charge in [0.15, 0.2) is 0 Å². The fourth-order valence-electron chi connectivity index (χ4n) is 1.46. The van der Waals surface area contributed by atoms with E-state index in [-0.39, 0.29) is 5.57 Å². The van der Waals surface area contributed by atoms with Crippen molar-refractivity contribution in [3.05, 3.63) is 56.2 Å². The van der Waals surface area contributed by atoms with E-state index in [4.69, 9.17) is 23.2 Å². The number of carboxylic acids is 1. The molecule has 1 N–H and O–H groups in total. The Balaban J connectivity index is 2.52. The molecule has 2 nitrogen and oxygen atoms in total. The van der Waals surface area contributed by atoms with Crippen LogP contribution >= 0.6 is 34.5 Å². The summed E-state index contributed by atoms with van der Waals surface area (Å²) in [5, 5.41) is 11.8. The van der Waals surface area contributed by atoms with Gasteiger partial charge in [-0.1, -0.05) is 41.4 Å². The molecule has 0 aliphatic carbocycles. The van der Waals surface area contributed by atoms with Gasteiger partial charge in [0.1, 0.15) is 0 Å². The van der Waals surface area contributed by atoms with Crippen molar-refractivity contribution >= 4 is 52.2 Å². The van der Waals surface area contributed by atoms with Crippen molar-refractivity contribution < 1.29 is 9.90 Å². The number of carboxylic acid groups (broad SMARTS) is 1. The van der Waals surface area contributed by atoms with Crippen LogP contribution in [0.5, 0.6) is 0 Å². The Bertz CT molecular complexity index is 603.